The molecule has 0 fully saturated rings. The second kappa shape index (κ2) is 10.0. The lowest BCUT2D eigenvalue weighted by atomic mass is 10.2. The van der Waals surface area contributed by atoms with E-state index >= 15 is 0 Å². The Morgan fingerprint density at radius 3 is 2.36 bits per heavy atom. The van der Waals surface area contributed by atoms with Crippen molar-refractivity contribution >= 4 is 13.4 Å². The van der Waals surface area contributed by atoms with Crippen LogP contribution in [0.15, 0.2) is 17.1 Å². The SMILES string of the molecule is CC(C)OP(=O)(CO[C@@H](CCF)Cn1ccc(N)nc1=O)OC(C)C. The highest BCUT2D eigenvalue weighted by Crippen LogP contribution is 2.50. The molecule has 2 N–H and O–H groups in total. The number of aromatic nitrogens is 2. The van der Waals surface area contributed by atoms with Crippen molar-refractivity contribution in [2.75, 3.05) is 18.8 Å². The summed E-state index contributed by atoms with van der Waals surface area (Å²) in [5.41, 5.74) is 4.88. The van der Waals surface area contributed by atoms with Crippen molar-refractivity contribution < 1.29 is 22.7 Å². The van der Waals surface area contributed by atoms with Gasteiger partial charge in [-0.2, -0.15) is 4.98 Å². The van der Waals surface area contributed by atoms with Gasteiger partial charge >= 0.3 is 13.3 Å². The molecule has 25 heavy (non-hydrogen) atoms. The monoisotopic (exact) mass is 379 g/mol. The number of hydrogen-bond acceptors (Lipinski definition) is 7. The molecule has 0 bridgehead atoms. The summed E-state index contributed by atoms with van der Waals surface area (Å²) in [6, 6.07) is 1.46. The van der Waals surface area contributed by atoms with Crippen LogP contribution in [0.5, 0.6) is 0 Å². The van der Waals surface area contributed by atoms with Crippen LogP contribution in [-0.2, 0) is 24.9 Å². The first kappa shape index (κ1) is 21.8. The summed E-state index contributed by atoms with van der Waals surface area (Å²) in [7, 11) is -3.50. The second-order valence-electron chi connectivity index (χ2n) is 6.10. The number of nitrogens with zero attached hydrogens (tertiary/aromatic N) is 2. The highest BCUT2D eigenvalue weighted by atomic mass is 31.2. The van der Waals surface area contributed by atoms with Crippen molar-refractivity contribution in [3.05, 3.63) is 22.7 Å². The van der Waals surface area contributed by atoms with Crippen LogP contribution in [0.25, 0.3) is 0 Å². The van der Waals surface area contributed by atoms with Crippen molar-refractivity contribution in [3.8, 4) is 0 Å². The normalized spacial score (nSPS) is 13.6. The summed E-state index contributed by atoms with van der Waals surface area (Å²) in [6.07, 6.45) is -0.180. The molecule has 144 valence electrons. The van der Waals surface area contributed by atoms with E-state index in [9.17, 15) is 13.8 Å². The highest BCUT2D eigenvalue weighted by Gasteiger charge is 2.29. The topological polar surface area (TPSA) is 106 Å². The van der Waals surface area contributed by atoms with Gasteiger partial charge in [-0.25, -0.2) is 4.79 Å². The molecule has 0 aliphatic carbocycles. The maximum Gasteiger partial charge on any atom is 0.356 e. The molecule has 1 atom stereocenters. The fourth-order valence-electron chi connectivity index (χ4n) is 2.07. The van der Waals surface area contributed by atoms with Gasteiger partial charge in [0.25, 0.3) is 0 Å². The van der Waals surface area contributed by atoms with E-state index in [2.05, 4.69) is 4.98 Å². The number of alkyl halides is 1. The van der Waals surface area contributed by atoms with E-state index in [4.69, 9.17) is 19.5 Å². The standard InChI is InChI=1S/C15H27FN3O5P/c1-11(2)23-25(21,24-12(3)4)10-22-13(5-7-16)9-19-8-6-14(17)18-15(19)20/h6,8,11-13H,5,7,9-10H2,1-4H3,(H2,17,18,20)/t13-/m0/s1. The Morgan fingerprint density at radius 2 is 1.88 bits per heavy atom. The molecule has 1 aromatic heterocycles. The van der Waals surface area contributed by atoms with Crippen LogP contribution in [0.2, 0.25) is 0 Å². The third-order valence-corrected chi connectivity index (χ3v) is 4.89. The Labute approximate surface area is 147 Å². The first-order chi connectivity index (χ1) is 11.6. The molecule has 0 aliphatic rings. The number of hydrogen-bond donors (Lipinski definition) is 1. The fourth-order valence-corrected chi connectivity index (χ4v) is 3.92. The number of nitrogens with two attached hydrogens (primary N) is 1. The van der Waals surface area contributed by atoms with E-state index in [1.54, 1.807) is 27.7 Å². The Balaban J connectivity index is 2.81. The Bertz CT molecular complexity index is 624. The van der Waals surface area contributed by atoms with Crippen LogP contribution >= 0.6 is 7.60 Å². The molecule has 10 heteroatoms. The number of nitrogen functional groups attached to an aromatic ring is 1. The summed E-state index contributed by atoms with van der Waals surface area (Å²) in [4.78, 5) is 15.4. The van der Waals surface area contributed by atoms with E-state index in [0.717, 1.165) is 0 Å². The highest BCUT2D eigenvalue weighted by molar-refractivity contribution is 7.53. The zero-order valence-corrected chi connectivity index (χ0v) is 15.9. The van der Waals surface area contributed by atoms with Crippen LogP contribution in [0.3, 0.4) is 0 Å². The lowest BCUT2D eigenvalue weighted by Gasteiger charge is -2.25. The quantitative estimate of drug-likeness (QED) is 0.589. The van der Waals surface area contributed by atoms with Crippen LogP contribution in [0.1, 0.15) is 34.1 Å². The molecule has 1 rings (SSSR count). The molecule has 1 heterocycles. The van der Waals surface area contributed by atoms with Gasteiger partial charge < -0.3 is 19.5 Å². The second-order valence-corrected chi connectivity index (χ2v) is 8.00. The van der Waals surface area contributed by atoms with Gasteiger partial charge in [-0.1, -0.05) is 0 Å². The smallest absolute Gasteiger partial charge is 0.356 e. The van der Waals surface area contributed by atoms with E-state index in [-0.39, 0.29) is 37.3 Å². The molecule has 8 nitrogen and oxygen atoms in total. The summed E-state index contributed by atoms with van der Waals surface area (Å²) in [5.74, 6) is 0.101. The number of halogens is 1. The minimum atomic E-state index is -3.50. The third-order valence-electron chi connectivity index (χ3n) is 2.94. The van der Waals surface area contributed by atoms with Crippen molar-refractivity contribution in [2.24, 2.45) is 0 Å². The van der Waals surface area contributed by atoms with E-state index in [0.29, 0.717) is 0 Å². The van der Waals surface area contributed by atoms with Gasteiger partial charge in [0.05, 0.1) is 31.5 Å². The zero-order chi connectivity index (χ0) is 19.0. The Hall–Kier alpha value is -1.28. The lowest BCUT2D eigenvalue weighted by Crippen LogP contribution is -2.30. The predicted molar refractivity (Wildman–Crippen MR) is 93.3 cm³/mol. The van der Waals surface area contributed by atoms with Crippen LogP contribution in [0.4, 0.5) is 10.2 Å². The van der Waals surface area contributed by atoms with Gasteiger partial charge in [-0.05, 0) is 33.8 Å². The first-order valence-electron chi connectivity index (χ1n) is 8.11. The minimum Gasteiger partial charge on any atom is -0.383 e. The maximum atomic E-state index is 12.8. The molecule has 0 unspecified atom stereocenters. The van der Waals surface area contributed by atoms with Crippen molar-refractivity contribution in [2.45, 2.75) is 59.0 Å². The Morgan fingerprint density at radius 1 is 1.28 bits per heavy atom. The maximum absolute atomic E-state index is 12.8. The zero-order valence-electron chi connectivity index (χ0n) is 15.1. The van der Waals surface area contributed by atoms with E-state index < -0.39 is 26.1 Å². The summed E-state index contributed by atoms with van der Waals surface area (Å²) in [5, 5.41) is 0. The van der Waals surface area contributed by atoms with E-state index in [1.807, 2.05) is 0 Å². The molecular formula is C15H27FN3O5P. The average molecular weight is 379 g/mol. The average Bonchev–Trinajstić information content (AvgIpc) is 2.46. The van der Waals surface area contributed by atoms with Gasteiger partial charge in [0.1, 0.15) is 12.2 Å². The fraction of sp³-hybridized carbons (Fsp3) is 0.733. The molecular weight excluding hydrogens is 352 g/mol. The number of rotatable bonds is 11. The summed E-state index contributed by atoms with van der Waals surface area (Å²) in [6.45, 7) is 6.33. The van der Waals surface area contributed by atoms with Crippen LogP contribution in [-0.4, -0.2) is 40.9 Å². The first-order valence-corrected chi connectivity index (χ1v) is 9.84. The summed E-state index contributed by atoms with van der Waals surface area (Å²) < 4.78 is 43.2. The van der Waals surface area contributed by atoms with Crippen molar-refractivity contribution in [1.82, 2.24) is 9.55 Å². The molecule has 0 aromatic carbocycles. The minimum absolute atomic E-state index is 0.0279. The van der Waals surface area contributed by atoms with Gasteiger partial charge in [-0.3, -0.25) is 13.5 Å². The van der Waals surface area contributed by atoms with Crippen LogP contribution < -0.4 is 11.4 Å². The van der Waals surface area contributed by atoms with Crippen molar-refractivity contribution in [1.29, 1.82) is 0 Å². The van der Waals surface area contributed by atoms with Crippen LogP contribution in [0, 0.1) is 0 Å². The molecule has 0 amide bonds. The van der Waals surface area contributed by atoms with Gasteiger partial charge in [-0.15, -0.1) is 0 Å². The third kappa shape index (κ3) is 8.09. The number of anilines is 1. The van der Waals surface area contributed by atoms with Gasteiger partial charge in [0.15, 0.2) is 0 Å². The molecule has 0 radical (unpaired) electrons. The molecule has 0 saturated heterocycles. The molecule has 0 aliphatic heterocycles. The van der Waals surface area contributed by atoms with Crippen molar-refractivity contribution in [3.63, 3.8) is 0 Å². The molecule has 1 aromatic rings. The Kier molecular flexibility index (Phi) is 8.71. The largest absolute Gasteiger partial charge is 0.383 e. The molecule has 0 spiro atoms. The predicted octanol–water partition coefficient (Wildman–Crippen LogP) is 2.57. The summed E-state index contributed by atoms with van der Waals surface area (Å²) >= 11 is 0. The molecule has 0 saturated carbocycles. The van der Waals surface area contributed by atoms with E-state index in [1.165, 1.54) is 16.8 Å². The van der Waals surface area contributed by atoms with Gasteiger partial charge in [0, 0.05) is 12.6 Å². The number of ether oxygens (including phenoxy) is 1. The van der Waals surface area contributed by atoms with Gasteiger partial charge in [0.2, 0.25) is 0 Å². The lowest BCUT2D eigenvalue weighted by molar-refractivity contribution is 0.0355.